The normalized spacial score (nSPS) is 25.0. The molecule has 0 aromatic heterocycles. The molecule has 1 aliphatic rings. The van der Waals surface area contributed by atoms with Crippen LogP contribution in [-0.2, 0) is 0 Å². The lowest BCUT2D eigenvalue weighted by Gasteiger charge is -2.51. The van der Waals surface area contributed by atoms with Gasteiger partial charge in [0.25, 0.3) is 0 Å². The third-order valence-corrected chi connectivity index (χ3v) is 16.6. The van der Waals surface area contributed by atoms with Gasteiger partial charge in [-0.15, -0.1) is 0 Å². The summed E-state index contributed by atoms with van der Waals surface area (Å²) in [6.07, 6.45) is 0. The Bertz CT molecular complexity index is 130. The monoisotopic (exact) mass is 204 g/mol. The molecule has 0 amide bonds. The molecule has 1 saturated heterocycles. The molecule has 72 valence electrons. The number of nitrogens with one attached hydrogen (secondary N) is 4. The van der Waals surface area contributed by atoms with Crippen molar-refractivity contribution in [3.05, 3.63) is 0 Å². The van der Waals surface area contributed by atoms with Gasteiger partial charge in [0.05, 0.1) is 0 Å². The molecule has 0 aromatic rings. The molecule has 4 N–H and O–H groups in total. The molecule has 0 aliphatic carbocycles. The van der Waals surface area contributed by atoms with Crippen LogP contribution in [-0.4, -0.2) is 45.0 Å². The third-order valence-electron chi connectivity index (χ3n) is 3.12. The number of rotatable bonds is 4. The zero-order valence-electron chi connectivity index (χ0n) is 8.41. The van der Waals surface area contributed by atoms with Crippen LogP contribution in [0.15, 0.2) is 0 Å². The summed E-state index contributed by atoms with van der Waals surface area (Å²) in [6, 6.07) is 0. The Labute approximate surface area is 76.8 Å². The summed E-state index contributed by atoms with van der Waals surface area (Å²) in [5.41, 5.74) is 2.67. The van der Waals surface area contributed by atoms with Gasteiger partial charge in [-0.05, 0) is 39.5 Å². The van der Waals surface area contributed by atoms with E-state index in [0.717, 1.165) is 0 Å². The Morgan fingerprint density at radius 2 is 0.917 bits per heavy atom. The van der Waals surface area contributed by atoms with E-state index in [4.69, 9.17) is 0 Å². The molecule has 4 nitrogen and oxygen atoms in total. The Morgan fingerprint density at radius 1 is 0.667 bits per heavy atom. The van der Waals surface area contributed by atoms with E-state index >= 15 is 0 Å². The van der Waals surface area contributed by atoms with Crippen LogP contribution in [0.25, 0.3) is 0 Å². The molecule has 0 saturated carbocycles. The molecule has 1 aliphatic heterocycles. The first-order chi connectivity index (χ1) is 5.66. The zero-order chi connectivity index (χ0) is 9.24. The van der Waals surface area contributed by atoms with Gasteiger partial charge in [0, 0.05) is 0 Å². The van der Waals surface area contributed by atoms with Crippen molar-refractivity contribution in [1.29, 1.82) is 0 Å². The highest BCUT2D eigenvalue weighted by Gasteiger charge is 2.56. The first-order valence-electron chi connectivity index (χ1n) is 4.41. The molecule has 0 radical (unpaired) electrons. The number of hydrogen-bond acceptors (Lipinski definition) is 4. The molecule has 0 unspecified atom stereocenters. The predicted octanol–water partition coefficient (Wildman–Crippen LogP) is -1.16. The van der Waals surface area contributed by atoms with E-state index in [-0.39, 0.29) is 0 Å². The van der Waals surface area contributed by atoms with Gasteiger partial charge >= 0.3 is 0 Å². The number of hydrogen-bond donors (Lipinski definition) is 4. The summed E-state index contributed by atoms with van der Waals surface area (Å²) >= 11 is 0. The first kappa shape index (κ1) is 10.4. The highest BCUT2D eigenvalue weighted by atomic mass is 28.5. The van der Waals surface area contributed by atoms with Crippen molar-refractivity contribution in [1.82, 2.24) is 19.9 Å². The van der Waals surface area contributed by atoms with Crippen LogP contribution in [0.4, 0.5) is 0 Å². The molecule has 0 bridgehead atoms. The maximum Gasteiger partial charge on any atom is 0.200 e. The molecule has 0 aromatic carbocycles. The summed E-state index contributed by atoms with van der Waals surface area (Å²) in [5.74, 6) is 0. The lowest BCUT2D eigenvalue weighted by Crippen LogP contribution is -2.83. The van der Waals surface area contributed by atoms with E-state index in [2.05, 4.69) is 48.1 Å². The second-order valence-electron chi connectivity index (χ2n) is 3.52. The van der Waals surface area contributed by atoms with E-state index in [1.165, 1.54) is 11.3 Å². The molecule has 1 rings (SSSR count). The van der Waals surface area contributed by atoms with Crippen LogP contribution in [0.3, 0.4) is 0 Å². The summed E-state index contributed by atoms with van der Waals surface area (Å²) in [7, 11) is 5.84. The van der Waals surface area contributed by atoms with Crippen LogP contribution in [0.1, 0.15) is 0 Å². The van der Waals surface area contributed by atoms with Crippen LogP contribution >= 0.6 is 0 Å². The van der Waals surface area contributed by atoms with Crippen molar-refractivity contribution in [2.24, 2.45) is 0 Å². The largest absolute Gasteiger partial charge is 0.328 e. The standard InChI is InChI=1S/C6H20N4Si2/c1-7-11(8-2)5-12(6-11,9-3)10-4/h7-10H,5-6H2,1-4H3. The van der Waals surface area contributed by atoms with Crippen molar-refractivity contribution in [2.45, 2.75) is 11.3 Å². The minimum atomic E-state index is -1.23. The fourth-order valence-corrected chi connectivity index (χ4v) is 15.9. The Morgan fingerprint density at radius 3 is 1.08 bits per heavy atom. The molecule has 6 heteroatoms. The maximum absolute atomic E-state index is 3.47. The van der Waals surface area contributed by atoms with Crippen molar-refractivity contribution < 1.29 is 0 Å². The van der Waals surface area contributed by atoms with Crippen LogP contribution in [0.2, 0.25) is 11.3 Å². The van der Waals surface area contributed by atoms with Crippen molar-refractivity contribution >= 4 is 16.8 Å². The van der Waals surface area contributed by atoms with E-state index in [1.807, 2.05) is 0 Å². The lowest BCUT2D eigenvalue weighted by molar-refractivity contribution is 0.886. The molecule has 0 atom stereocenters. The molecular weight excluding hydrogens is 184 g/mol. The summed E-state index contributed by atoms with van der Waals surface area (Å²) in [5, 5.41) is 0. The highest BCUT2D eigenvalue weighted by molar-refractivity contribution is 7.09. The Balaban J connectivity index is 2.52. The minimum absolute atomic E-state index is 1.23. The van der Waals surface area contributed by atoms with E-state index in [1.54, 1.807) is 0 Å². The van der Waals surface area contributed by atoms with Gasteiger partial charge in [-0.1, -0.05) is 0 Å². The van der Waals surface area contributed by atoms with Gasteiger partial charge < -0.3 is 19.9 Å². The minimum Gasteiger partial charge on any atom is -0.328 e. The third kappa shape index (κ3) is 1.50. The molecule has 12 heavy (non-hydrogen) atoms. The van der Waals surface area contributed by atoms with Crippen LogP contribution < -0.4 is 19.9 Å². The summed E-state index contributed by atoms with van der Waals surface area (Å²) in [4.78, 5) is 13.9. The summed E-state index contributed by atoms with van der Waals surface area (Å²) < 4.78 is 0. The van der Waals surface area contributed by atoms with E-state index in [0.29, 0.717) is 0 Å². The second kappa shape index (κ2) is 3.56. The van der Waals surface area contributed by atoms with Gasteiger partial charge in [-0.3, -0.25) is 0 Å². The second-order valence-corrected chi connectivity index (χ2v) is 12.7. The fourth-order valence-electron chi connectivity index (χ4n) is 1.94. The van der Waals surface area contributed by atoms with Crippen LogP contribution in [0.5, 0.6) is 0 Å². The van der Waals surface area contributed by atoms with Gasteiger partial charge in [0.1, 0.15) is 0 Å². The van der Waals surface area contributed by atoms with Gasteiger partial charge in [-0.2, -0.15) is 0 Å². The maximum atomic E-state index is 3.47. The first-order valence-corrected chi connectivity index (χ1v) is 9.24. The fraction of sp³-hybridized carbons (Fsp3) is 1.00. The van der Waals surface area contributed by atoms with Gasteiger partial charge in [-0.25, -0.2) is 0 Å². The average molecular weight is 204 g/mol. The summed E-state index contributed by atoms with van der Waals surface area (Å²) in [6.45, 7) is 0. The Kier molecular flexibility index (Phi) is 3.08. The molecular formula is C6H20N4Si2. The quantitative estimate of drug-likeness (QED) is 0.437. The lowest BCUT2D eigenvalue weighted by atomic mass is 11.6. The highest BCUT2D eigenvalue weighted by Crippen LogP contribution is 2.31. The SMILES string of the molecule is CN[Si]1(NC)C[Si](NC)(NC)C1. The predicted molar refractivity (Wildman–Crippen MR) is 57.4 cm³/mol. The Hall–Kier alpha value is 0.274. The average Bonchev–Trinajstić information content (AvgIpc) is 2.07. The van der Waals surface area contributed by atoms with E-state index in [9.17, 15) is 0 Å². The van der Waals surface area contributed by atoms with E-state index < -0.39 is 16.8 Å². The molecule has 1 fully saturated rings. The van der Waals surface area contributed by atoms with Gasteiger partial charge in [0.2, 0.25) is 16.8 Å². The zero-order valence-corrected chi connectivity index (χ0v) is 10.4. The topological polar surface area (TPSA) is 48.1 Å². The smallest absolute Gasteiger partial charge is 0.200 e. The molecule has 0 spiro atoms. The van der Waals surface area contributed by atoms with Gasteiger partial charge in [0.15, 0.2) is 0 Å². The van der Waals surface area contributed by atoms with Crippen LogP contribution in [0, 0.1) is 0 Å². The van der Waals surface area contributed by atoms with Crippen molar-refractivity contribution in [2.75, 3.05) is 28.2 Å². The van der Waals surface area contributed by atoms with Crippen molar-refractivity contribution in [3.63, 3.8) is 0 Å². The molecule has 1 heterocycles. The van der Waals surface area contributed by atoms with Crippen molar-refractivity contribution in [3.8, 4) is 0 Å².